The van der Waals surface area contributed by atoms with Gasteiger partial charge in [-0.2, -0.15) is 0 Å². The Kier molecular flexibility index (Phi) is 4.90. The SMILES string of the molecule is NC1=CC=C([Si](c2ccc(N)cc2)(c2ccc(N)cc2)c2ccc(N)cc2)CC1. The zero-order valence-corrected chi connectivity index (χ0v) is 17.3. The molecule has 0 bridgehead atoms. The maximum Gasteiger partial charge on any atom is 0.175 e. The number of benzene rings is 3. The average Bonchev–Trinajstić information content (AvgIpc) is 2.73. The van der Waals surface area contributed by atoms with Gasteiger partial charge in [-0.1, -0.05) is 47.7 Å². The zero-order chi connectivity index (χ0) is 20.4. The van der Waals surface area contributed by atoms with Gasteiger partial charge in [-0.05, 0) is 70.9 Å². The van der Waals surface area contributed by atoms with Crippen molar-refractivity contribution in [3.63, 3.8) is 0 Å². The van der Waals surface area contributed by atoms with Crippen LogP contribution in [-0.2, 0) is 0 Å². The van der Waals surface area contributed by atoms with Crippen molar-refractivity contribution >= 4 is 40.7 Å². The van der Waals surface area contributed by atoms with Crippen LogP contribution in [0.15, 0.2) is 95.8 Å². The Labute approximate surface area is 172 Å². The maximum absolute atomic E-state index is 6.10. The average molecular weight is 399 g/mol. The first kappa shape index (κ1) is 18.9. The minimum atomic E-state index is -2.53. The molecule has 0 amide bonds. The van der Waals surface area contributed by atoms with Gasteiger partial charge in [0.2, 0.25) is 0 Å². The van der Waals surface area contributed by atoms with Crippen LogP contribution in [0, 0.1) is 0 Å². The predicted molar refractivity (Wildman–Crippen MR) is 127 cm³/mol. The Bertz CT molecular complexity index is 954. The summed E-state index contributed by atoms with van der Waals surface area (Å²) < 4.78 is 0. The predicted octanol–water partition coefficient (Wildman–Crippen LogP) is 2.01. The molecule has 0 aromatic heterocycles. The van der Waals surface area contributed by atoms with Crippen LogP contribution in [0.1, 0.15) is 12.8 Å². The summed E-state index contributed by atoms with van der Waals surface area (Å²) in [5.41, 5.74) is 27.4. The Morgan fingerprint density at radius 3 is 1.17 bits per heavy atom. The third-order valence-electron chi connectivity index (χ3n) is 5.69. The smallest absolute Gasteiger partial charge is 0.175 e. The number of nitrogens with two attached hydrogens (primary N) is 4. The second-order valence-corrected chi connectivity index (χ2v) is 11.4. The van der Waals surface area contributed by atoms with Gasteiger partial charge in [0.25, 0.3) is 0 Å². The van der Waals surface area contributed by atoms with Gasteiger partial charge in [0, 0.05) is 22.8 Å². The van der Waals surface area contributed by atoms with Gasteiger partial charge in [-0.3, -0.25) is 0 Å². The Morgan fingerprint density at radius 2 is 0.862 bits per heavy atom. The summed E-state index contributed by atoms with van der Waals surface area (Å²) in [6.45, 7) is 0. The standard InChI is InChI=1S/C24H26N4Si/c25-17-1-9-21(10-2-17)29(22-11-3-18(26)4-12-22,23-13-5-19(27)6-14-23)24-15-7-20(28)8-16-24/h1-7,9-15H,8,16,25-28H2. The Balaban J connectivity index is 2.08. The van der Waals surface area contributed by atoms with Gasteiger partial charge >= 0.3 is 0 Å². The third kappa shape index (κ3) is 3.41. The molecular weight excluding hydrogens is 372 g/mol. The van der Waals surface area contributed by atoms with Gasteiger partial charge in [0.1, 0.15) is 0 Å². The molecule has 1 aliphatic rings. The highest BCUT2D eigenvalue weighted by molar-refractivity contribution is 7.16. The number of hydrogen-bond acceptors (Lipinski definition) is 4. The first-order valence-corrected chi connectivity index (χ1v) is 11.7. The molecule has 0 saturated carbocycles. The molecule has 29 heavy (non-hydrogen) atoms. The highest BCUT2D eigenvalue weighted by Crippen LogP contribution is 2.26. The molecule has 0 saturated heterocycles. The summed E-state index contributed by atoms with van der Waals surface area (Å²) >= 11 is 0. The van der Waals surface area contributed by atoms with Crippen LogP contribution in [0.3, 0.4) is 0 Å². The van der Waals surface area contributed by atoms with E-state index in [2.05, 4.69) is 42.5 Å². The fourth-order valence-electron chi connectivity index (χ4n) is 4.22. The fourth-order valence-corrected chi connectivity index (χ4v) is 9.17. The molecule has 0 unspecified atom stereocenters. The number of anilines is 3. The minimum Gasteiger partial charge on any atom is -0.402 e. The van der Waals surface area contributed by atoms with Crippen molar-refractivity contribution in [1.29, 1.82) is 0 Å². The highest BCUT2D eigenvalue weighted by Gasteiger charge is 2.43. The van der Waals surface area contributed by atoms with E-state index < -0.39 is 8.07 Å². The molecule has 0 atom stereocenters. The summed E-state index contributed by atoms with van der Waals surface area (Å²) in [6, 6.07) is 24.9. The lowest BCUT2D eigenvalue weighted by Gasteiger charge is -2.37. The van der Waals surface area contributed by atoms with Gasteiger partial charge in [0.05, 0.1) is 0 Å². The van der Waals surface area contributed by atoms with Crippen molar-refractivity contribution in [3.05, 3.63) is 95.8 Å². The van der Waals surface area contributed by atoms with Crippen LogP contribution < -0.4 is 38.5 Å². The number of hydrogen-bond donors (Lipinski definition) is 4. The van der Waals surface area contributed by atoms with E-state index in [9.17, 15) is 0 Å². The second-order valence-electron chi connectivity index (χ2n) is 7.55. The first-order chi connectivity index (χ1) is 14.0. The van der Waals surface area contributed by atoms with Crippen LogP contribution in [-0.4, -0.2) is 8.07 Å². The monoisotopic (exact) mass is 398 g/mol. The molecule has 4 nitrogen and oxygen atoms in total. The summed E-state index contributed by atoms with van der Waals surface area (Å²) in [6.07, 6.45) is 6.05. The molecule has 0 radical (unpaired) electrons. The topological polar surface area (TPSA) is 104 Å². The lowest BCUT2D eigenvalue weighted by molar-refractivity contribution is 0.925. The van der Waals surface area contributed by atoms with Crippen molar-refractivity contribution in [1.82, 2.24) is 0 Å². The van der Waals surface area contributed by atoms with E-state index in [0.29, 0.717) is 0 Å². The largest absolute Gasteiger partial charge is 0.402 e. The molecule has 1 aliphatic carbocycles. The molecule has 5 heteroatoms. The zero-order valence-electron chi connectivity index (χ0n) is 16.3. The Hall–Kier alpha value is -3.44. The fraction of sp³-hybridized carbons (Fsp3) is 0.0833. The van der Waals surface area contributed by atoms with Crippen LogP contribution in [0.2, 0.25) is 0 Å². The molecule has 0 aliphatic heterocycles. The normalized spacial score (nSPS) is 14.2. The molecular formula is C24H26N4Si. The van der Waals surface area contributed by atoms with E-state index >= 15 is 0 Å². The van der Waals surface area contributed by atoms with Crippen molar-refractivity contribution < 1.29 is 0 Å². The van der Waals surface area contributed by atoms with Gasteiger partial charge < -0.3 is 22.9 Å². The molecule has 0 heterocycles. The molecule has 4 rings (SSSR count). The van der Waals surface area contributed by atoms with Crippen LogP contribution in [0.25, 0.3) is 0 Å². The summed E-state index contributed by atoms with van der Waals surface area (Å²) in [5.74, 6) is 0. The number of nitrogen functional groups attached to an aromatic ring is 3. The van der Waals surface area contributed by atoms with Crippen LogP contribution in [0.4, 0.5) is 17.1 Å². The molecule has 146 valence electrons. The van der Waals surface area contributed by atoms with E-state index in [0.717, 1.165) is 35.6 Å². The van der Waals surface area contributed by atoms with E-state index in [4.69, 9.17) is 22.9 Å². The lowest BCUT2D eigenvalue weighted by Crippen LogP contribution is -2.68. The number of allylic oxidation sites excluding steroid dienone is 4. The summed E-state index contributed by atoms with van der Waals surface area (Å²) in [7, 11) is -2.53. The lowest BCUT2D eigenvalue weighted by atomic mass is 10.1. The maximum atomic E-state index is 6.10. The molecule has 0 spiro atoms. The van der Waals surface area contributed by atoms with Crippen molar-refractivity contribution in [2.45, 2.75) is 12.8 Å². The minimum absolute atomic E-state index is 0.757. The summed E-state index contributed by atoms with van der Waals surface area (Å²) in [5, 5.41) is 5.25. The second kappa shape index (κ2) is 7.52. The van der Waals surface area contributed by atoms with Crippen LogP contribution in [0.5, 0.6) is 0 Å². The van der Waals surface area contributed by atoms with E-state index in [-0.39, 0.29) is 0 Å². The quantitative estimate of drug-likeness (QED) is 0.306. The van der Waals surface area contributed by atoms with Crippen molar-refractivity contribution in [3.8, 4) is 0 Å². The van der Waals surface area contributed by atoms with Gasteiger partial charge in [-0.25, -0.2) is 0 Å². The van der Waals surface area contributed by atoms with E-state index in [1.807, 2.05) is 42.5 Å². The highest BCUT2D eigenvalue weighted by atomic mass is 28.3. The van der Waals surface area contributed by atoms with E-state index in [1.165, 1.54) is 20.8 Å². The first-order valence-electron chi connectivity index (χ1n) is 9.74. The number of rotatable bonds is 4. The van der Waals surface area contributed by atoms with Gasteiger partial charge in [0.15, 0.2) is 8.07 Å². The van der Waals surface area contributed by atoms with Crippen LogP contribution >= 0.6 is 0 Å². The van der Waals surface area contributed by atoms with Crippen molar-refractivity contribution in [2.75, 3.05) is 17.2 Å². The molecule has 3 aromatic rings. The summed E-state index contributed by atoms with van der Waals surface area (Å²) in [4.78, 5) is 0. The van der Waals surface area contributed by atoms with Crippen molar-refractivity contribution in [2.24, 2.45) is 5.73 Å². The molecule has 0 fully saturated rings. The third-order valence-corrected chi connectivity index (χ3v) is 10.7. The molecule has 8 N–H and O–H groups in total. The molecule has 3 aromatic carbocycles. The van der Waals surface area contributed by atoms with Gasteiger partial charge in [-0.15, -0.1) is 0 Å². The Morgan fingerprint density at radius 1 is 0.483 bits per heavy atom. The van der Waals surface area contributed by atoms with E-state index in [1.54, 1.807) is 0 Å².